The second-order valence-electron chi connectivity index (χ2n) is 5.38. The third kappa shape index (κ3) is 3.03. The topological polar surface area (TPSA) is 47.0 Å². The van der Waals surface area contributed by atoms with Crippen LogP contribution in [0.3, 0.4) is 0 Å². The standard InChI is InChI=1S/C15H21N3OS/c1-2-8-16-15-17-13(12-7-9-20-14(12)18-15)19-10-11-5-3-4-6-11/h7,9,11H,2-6,8,10H2,1H3,(H,16,17,18). The molecule has 0 spiro atoms. The van der Waals surface area contributed by atoms with E-state index in [1.807, 2.05) is 11.4 Å². The lowest BCUT2D eigenvalue weighted by Crippen LogP contribution is -2.11. The fourth-order valence-corrected chi connectivity index (χ4v) is 3.38. The first-order chi connectivity index (χ1) is 9.86. The SMILES string of the molecule is CCCNc1nc(OCC2CCCC2)c2ccsc2n1. The first kappa shape index (κ1) is 13.6. The molecule has 108 valence electrons. The number of rotatable bonds is 6. The third-order valence-corrected chi connectivity index (χ3v) is 4.56. The summed E-state index contributed by atoms with van der Waals surface area (Å²) in [6.07, 6.45) is 6.33. The summed E-state index contributed by atoms with van der Waals surface area (Å²) < 4.78 is 6.00. The number of hydrogen-bond donors (Lipinski definition) is 1. The summed E-state index contributed by atoms with van der Waals surface area (Å²) in [4.78, 5) is 10.1. The van der Waals surface area contributed by atoms with Crippen molar-refractivity contribution in [2.24, 2.45) is 5.92 Å². The normalized spacial score (nSPS) is 15.8. The molecular weight excluding hydrogens is 270 g/mol. The molecule has 1 aliphatic rings. The van der Waals surface area contributed by atoms with Crippen LogP contribution >= 0.6 is 11.3 Å². The van der Waals surface area contributed by atoms with Crippen LogP contribution < -0.4 is 10.1 Å². The zero-order chi connectivity index (χ0) is 13.8. The Morgan fingerprint density at radius 3 is 3.00 bits per heavy atom. The number of anilines is 1. The molecule has 0 aromatic carbocycles. The van der Waals surface area contributed by atoms with Gasteiger partial charge in [0.2, 0.25) is 11.8 Å². The number of thiophene rings is 1. The van der Waals surface area contributed by atoms with Gasteiger partial charge in [-0.2, -0.15) is 4.98 Å². The average Bonchev–Trinajstić information content (AvgIpc) is 3.13. The van der Waals surface area contributed by atoms with Crippen LogP contribution in [0.1, 0.15) is 39.0 Å². The fraction of sp³-hybridized carbons (Fsp3) is 0.600. The van der Waals surface area contributed by atoms with Crippen molar-refractivity contribution in [1.82, 2.24) is 9.97 Å². The average molecular weight is 291 g/mol. The maximum absolute atomic E-state index is 6.00. The van der Waals surface area contributed by atoms with Gasteiger partial charge in [-0.1, -0.05) is 19.8 Å². The molecule has 5 heteroatoms. The zero-order valence-corrected chi connectivity index (χ0v) is 12.7. The van der Waals surface area contributed by atoms with E-state index in [-0.39, 0.29) is 0 Å². The fourth-order valence-electron chi connectivity index (χ4n) is 2.63. The molecule has 0 bridgehead atoms. The van der Waals surface area contributed by atoms with Crippen molar-refractivity contribution in [3.8, 4) is 5.88 Å². The predicted octanol–water partition coefficient (Wildman–Crippen LogP) is 4.08. The first-order valence-corrected chi connectivity index (χ1v) is 8.36. The maximum atomic E-state index is 6.00. The van der Waals surface area contributed by atoms with Crippen LogP contribution in [0.15, 0.2) is 11.4 Å². The Balaban J connectivity index is 1.77. The van der Waals surface area contributed by atoms with Crippen molar-refractivity contribution >= 4 is 27.5 Å². The van der Waals surface area contributed by atoms with E-state index in [1.165, 1.54) is 25.7 Å². The summed E-state index contributed by atoms with van der Waals surface area (Å²) in [5.74, 6) is 2.12. The monoisotopic (exact) mass is 291 g/mol. The molecule has 2 aromatic heterocycles. The van der Waals surface area contributed by atoms with E-state index in [1.54, 1.807) is 11.3 Å². The Kier molecular flexibility index (Phi) is 4.35. The molecule has 0 aliphatic heterocycles. The number of ether oxygens (including phenoxy) is 1. The Morgan fingerprint density at radius 2 is 2.20 bits per heavy atom. The molecule has 0 radical (unpaired) electrons. The van der Waals surface area contributed by atoms with E-state index in [0.717, 1.165) is 35.7 Å². The molecule has 1 aliphatic carbocycles. The van der Waals surface area contributed by atoms with Crippen LogP contribution in [0.5, 0.6) is 5.88 Å². The lowest BCUT2D eigenvalue weighted by atomic mass is 10.1. The van der Waals surface area contributed by atoms with Crippen molar-refractivity contribution < 1.29 is 4.74 Å². The number of aromatic nitrogens is 2. The van der Waals surface area contributed by atoms with Crippen LogP contribution in [0.4, 0.5) is 5.95 Å². The van der Waals surface area contributed by atoms with Crippen molar-refractivity contribution in [3.63, 3.8) is 0 Å². The Labute approximate surface area is 123 Å². The molecular formula is C15H21N3OS. The highest BCUT2D eigenvalue weighted by Gasteiger charge is 2.17. The van der Waals surface area contributed by atoms with Gasteiger partial charge < -0.3 is 10.1 Å². The quantitative estimate of drug-likeness (QED) is 0.871. The molecule has 2 aromatic rings. The van der Waals surface area contributed by atoms with Gasteiger partial charge in [0, 0.05) is 6.54 Å². The minimum absolute atomic E-state index is 0.684. The highest BCUT2D eigenvalue weighted by atomic mass is 32.1. The van der Waals surface area contributed by atoms with E-state index in [2.05, 4.69) is 22.2 Å². The third-order valence-electron chi connectivity index (χ3n) is 3.75. The molecule has 20 heavy (non-hydrogen) atoms. The van der Waals surface area contributed by atoms with Crippen molar-refractivity contribution in [1.29, 1.82) is 0 Å². The second kappa shape index (κ2) is 6.39. The highest BCUT2D eigenvalue weighted by molar-refractivity contribution is 7.16. The van der Waals surface area contributed by atoms with Gasteiger partial charge in [0.1, 0.15) is 4.83 Å². The first-order valence-electron chi connectivity index (χ1n) is 7.48. The Bertz CT molecular complexity index is 563. The van der Waals surface area contributed by atoms with E-state index < -0.39 is 0 Å². The summed E-state index contributed by atoms with van der Waals surface area (Å²) in [6, 6.07) is 2.05. The van der Waals surface area contributed by atoms with Gasteiger partial charge in [-0.15, -0.1) is 11.3 Å². The summed E-state index contributed by atoms with van der Waals surface area (Å²) in [5.41, 5.74) is 0. The Morgan fingerprint density at radius 1 is 1.35 bits per heavy atom. The maximum Gasteiger partial charge on any atom is 0.227 e. The molecule has 3 rings (SSSR count). The lowest BCUT2D eigenvalue weighted by molar-refractivity contribution is 0.246. The van der Waals surface area contributed by atoms with Crippen LogP contribution in [-0.4, -0.2) is 23.1 Å². The summed E-state index contributed by atoms with van der Waals surface area (Å²) in [5, 5.41) is 6.33. The molecule has 1 saturated carbocycles. The number of nitrogens with one attached hydrogen (secondary N) is 1. The summed E-state index contributed by atoms with van der Waals surface area (Å²) >= 11 is 1.64. The van der Waals surface area contributed by atoms with Crippen LogP contribution in [-0.2, 0) is 0 Å². The van der Waals surface area contributed by atoms with E-state index >= 15 is 0 Å². The van der Waals surface area contributed by atoms with Crippen molar-refractivity contribution in [2.75, 3.05) is 18.5 Å². The van der Waals surface area contributed by atoms with E-state index in [4.69, 9.17) is 4.74 Å². The Hall–Kier alpha value is -1.36. The van der Waals surface area contributed by atoms with Crippen LogP contribution in [0, 0.1) is 5.92 Å². The molecule has 0 atom stereocenters. The minimum Gasteiger partial charge on any atom is -0.477 e. The van der Waals surface area contributed by atoms with Crippen LogP contribution in [0.25, 0.3) is 10.2 Å². The molecule has 0 saturated heterocycles. The molecule has 4 nitrogen and oxygen atoms in total. The highest BCUT2D eigenvalue weighted by Crippen LogP contribution is 2.30. The summed E-state index contributed by atoms with van der Waals surface area (Å²) in [6.45, 7) is 3.81. The van der Waals surface area contributed by atoms with Gasteiger partial charge in [0.25, 0.3) is 0 Å². The van der Waals surface area contributed by atoms with Crippen molar-refractivity contribution in [2.45, 2.75) is 39.0 Å². The number of nitrogens with zero attached hydrogens (tertiary/aromatic N) is 2. The minimum atomic E-state index is 0.684. The van der Waals surface area contributed by atoms with Crippen molar-refractivity contribution in [3.05, 3.63) is 11.4 Å². The van der Waals surface area contributed by atoms with E-state index in [9.17, 15) is 0 Å². The predicted molar refractivity (Wildman–Crippen MR) is 83.6 cm³/mol. The molecule has 0 amide bonds. The van der Waals surface area contributed by atoms with Gasteiger partial charge in [-0.25, -0.2) is 4.98 Å². The molecule has 1 fully saturated rings. The number of fused-ring (bicyclic) bond motifs is 1. The second-order valence-corrected chi connectivity index (χ2v) is 6.27. The molecule has 0 unspecified atom stereocenters. The largest absolute Gasteiger partial charge is 0.477 e. The van der Waals surface area contributed by atoms with Gasteiger partial charge >= 0.3 is 0 Å². The zero-order valence-electron chi connectivity index (χ0n) is 11.9. The summed E-state index contributed by atoms with van der Waals surface area (Å²) in [7, 11) is 0. The smallest absolute Gasteiger partial charge is 0.227 e. The molecule has 2 heterocycles. The lowest BCUT2D eigenvalue weighted by Gasteiger charge is -2.12. The van der Waals surface area contributed by atoms with Gasteiger partial charge in [-0.05, 0) is 36.6 Å². The van der Waals surface area contributed by atoms with E-state index in [0.29, 0.717) is 11.9 Å². The number of hydrogen-bond acceptors (Lipinski definition) is 5. The van der Waals surface area contributed by atoms with Gasteiger partial charge in [-0.3, -0.25) is 0 Å². The molecule has 1 N–H and O–H groups in total. The van der Waals surface area contributed by atoms with Gasteiger partial charge in [0.15, 0.2) is 0 Å². The van der Waals surface area contributed by atoms with Crippen LogP contribution in [0.2, 0.25) is 0 Å². The van der Waals surface area contributed by atoms with Gasteiger partial charge in [0.05, 0.1) is 12.0 Å².